The second kappa shape index (κ2) is 2.77. The van der Waals surface area contributed by atoms with Crippen LogP contribution in [-0.4, -0.2) is 16.3 Å². The minimum absolute atomic E-state index is 0.343. The summed E-state index contributed by atoms with van der Waals surface area (Å²) in [7, 11) is 0. The van der Waals surface area contributed by atoms with Crippen molar-refractivity contribution in [2.45, 2.75) is 12.5 Å². The lowest BCUT2D eigenvalue weighted by Crippen LogP contribution is -2.48. The zero-order valence-electron chi connectivity index (χ0n) is 4.72. The predicted octanol–water partition coefficient (Wildman–Crippen LogP) is -0.0803. The zero-order chi connectivity index (χ0) is 6.78. The molecule has 0 fully saturated rings. The molecular formula is C4H10N2S2. The second-order valence-electron chi connectivity index (χ2n) is 1.93. The van der Waals surface area contributed by atoms with Crippen LogP contribution in [0.15, 0.2) is 0 Å². The molecule has 0 aromatic rings. The van der Waals surface area contributed by atoms with Crippen LogP contribution in [0.5, 0.6) is 0 Å². The first kappa shape index (κ1) is 8.36. The molecule has 0 saturated heterocycles. The van der Waals surface area contributed by atoms with E-state index in [4.69, 9.17) is 11.5 Å². The molecule has 0 aromatic heterocycles. The third kappa shape index (κ3) is 2.09. The van der Waals surface area contributed by atoms with Gasteiger partial charge in [0.15, 0.2) is 0 Å². The third-order valence-corrected chi connectivity index (χ3v) is 1.89. The molecule has 2 nitrogen and oxygen atoms in total. The standard InChI is InChI=1S/C4H10N2S2/c1-4(6,2-5)3(7)8/h2,5-6H2,1H3,(H,7,8). The highest BCUT2D eigenvalue weighted by molar-refractivity contribution is 8.11. The Morgan fingerprint density at radius 3 is 2.25 bits per heavy atom. The lowest BCUT2D eigenvalue weighted by Gasteiger charge is -2.19. The summed E-state index contributed by atoms with van der Waals surface area (Å²) in [6.45, 7) is 2.09. The van der Waals surface area contributed by atoms with E-state index < -0.39 is 5.54 Å². The van der Waals surface area contributed by atoms with Gasteiger partial charge in [-0.3, -0.25) is 0 Å². The van der Waals surface area contributed by atoms with Gasteiger partial charge in [0.2, 0.25) is 0 Å². The summed E-state index contributed by atoms with van der Waals surface area (Å²) >= 11 is 8.58. The highest BCUT2D eigenvalue weighted by atomic mass is 32.1. The van der Waals surface area contributed by atoms with E-state index in [1.807, 2.05) is 0 Å². The molecule has 48 valence electrons. The summed E-state index contributed by atoms with van der Waals surface area (Å²) in [6, 6.07) is 0. The molecule has 8 heavy (non-hydrogen) atoms. The first-order chi connectivity index (χ1) is 3.50. The molecule has 0 amide bonds. The van der Waals surface area contributed by atoms with Gasteiger partial charge < -0.3 is 11.5 Å². The van der Waals surface area contributed by atoms with Crippen molar-refractivity contribution >= 4 is 29.0 Å². The monoisotopic (exact) mass is 150 g/mol. The number of rotatable bonds is 2. The van der Waals surface area contributed by atoms with Crippen molar-refractivity contribution in [3.8, 4) is 0 Å². The van der Waals surface area contributed by atoms with Crippen LogP contribution in [-0.2, 0) is 0 Å². The van der Waals surface area contributed by atoms with Crippen LogP contribution in [0.3, 0.4) is 0 Å². The Bertz CT molecular complexity index is 100. The summed E-state index contributed by atoms with van der Waals surface area (Å²) < 4.78 is 0.458. The van der Waals surface area contributed by atoms with Crippen molar-refractivity contribution in [1.29, 1.82) is 0 Å². The number of hydrogen-bond acceptors (Lipinski definition) is 3. The number of thiol groups is 1. The van der Waals surface area contributed by atoms with Crippen LogP contribution in [0, 0.1) is 0 Å². The Balaban J connectivity index is 3.91. The van der Waals surface area contributed by atoms with Gasteiger partial charge in [-0.25, -0.2) is 0 Å². The molecule has 4 N–H and O–H groups in total. The minimum Gasteiger partial charge on any atom is -0.328 e. The van der Waals surface area contributed by atoms with Crippen LogP contribution in [0.4, 0.5) is 0 Å². The van der Waals surface area contributed by atoms with E-state index in [0.717, 1.165) is 0 Å². The lowest BCUT2D eigenvalue weighted by molar-refractivity contribution is 0.653. The molecule has 4 heteroatoms. The maximum Gasteiger partial charge on any atom is 0.0666 e. The molecule has 0 rings (SSSR count). The molecule has 0 aliphatic rings. The van der Waals surface area contributed by atoms with Gasteiger partial charge in [-0.05, 0) is 6.92 Å². The van der Waals surface area contributed by atoms with Crippen LogP contribution in [0.25, 0.3) is 0 Å². The van der Waals surface area contributed by atoms with Gasteiger partial charge in [-0.2, -0.15) is 0 Å². The average molecular weight is 150 g/mol. The largest absolute Gasteiger partial charge is 0.328 e. The highest BCUT2D eigenvalue weighted by Crippen LogP contribution is 2.02. The summed E-state index contributed by atoms with van der Waals surface area (Å²) in [5, 5.41) is 0. The van der Waals surface area contributed by atoms with E-state index in [2.05, 4.69) is 24.8 Å². The Hall–Kier alpha value is 0.360. The summed E-state index contributed by atoms with van der Waals surface area (Å²) in [5.74, 6) is 0. The van der Waals surface area contributed by atoms with Gasteiger partial charge in [-0.1, -0.05) is 12.2 Å². The van der Waals surface area contributed by atoms with Gasteiger partial charge in [0, 0.05) is 6.54 Å². The summed E-state index contributed by atoms with van der Waals surface area (Å²) in [6.07, 6.45) is 0. The van der Waals surface area contributed by atoms with Crippen LogP contribution < -0.4 is 11.5 Å². The van der Waals surface area contributed by atoms with Crippen LogP contribution in [0.1, 0.15) is 6.92 Å². The third-order valence-electron chi connectivity index (χ3n) is 0.913. The highest BCUT2D eigenvalue weighted by Gasteiger charge is 2.18. The van der Waals surface area contributed by atoms with Crippen LogP contribution in [0.2, 0.25) is 0 Å². The van der Waals surface area contributed by atoms with Crippen molar-refractivity contribution in [1.82, 2.24) is 0 Å². The van der Waals surface area contributed by atoms with E-state index >= 15 is 0 Å². The topological polar surface area (TPSA) is 52.0 Å². The lowest BCUT2D eigenvalue weighted by atomic mass is 10.1. The fraction of sp³-hybridized carbons (Fsp3) is 0.750. The smallest absolute Gasteiger partial charge is 0.0666 e. The molecule has 1 atom stereocenters. The van der Waals surface area contributed by atoms with Crippen molar-refractivity contribution in [2.75, 3.05) is 6.54 Å². The summed E-state index contributed by atoms with van der Waals surface area (Å²) in [5.41, 5.74) is 10.2. The Kier molecular flexibility index (Phi) is 2.90. The minimum atomic E-state index is -0.585. The van der Waals surface area contributed by atoms with E-state index in [1.165, 1.54) is 0 Å². The van der Waals surface area contributed by atoms with Crippen molar-refractivity contribution in [3.05, 3.63) is 0 Å². The molecule has 0 bridgehead atoms. The molecule has 0 radical (unpaired) electrons. The van der Waals surface area contributed by atoms with Gasteiger partial charge in [-0.15, -0.1) is 12.6 Å². The molecule has 0 aromatic carbocycles. The molecular weight excluding hydrogens is 140 g/mol. The molecule has 1 unspecified atom stereocenters. The van der Waals surface area contributed by atoms with E-state index in [0.29, 0.717) is 10.7 Å². The quantitative estimate of drug-likeness (QED) is 0.381. The Labute approximate surface area is 60.0 Å². The number of thiocarbonyl (C=S) groups is 1. The van der Waals surface area contributed by atoms with E-state index in [9.17, 15) is 0 Å². The van der Waals surface area contributed by atoms with Gasteiger partial charge in [0.05, 0.1) is 9.74 Å². The van der Waals surface area contributed by atoms with E-state index in [1.54, 1.807) is 6.92 Å². The fourth-order valence-electron chi connectivity index (χ4n) is 0.0873. The molecule has 0 heterocycles. The number of nitrogens with two attached hydrogens (primary N) is 2. The predicted molar refractivity (Wildman–Crippen MR) is 43.2 cm³/mol. The Morgan fingerprint density at radius 2 is 2.25 bits per heavy atom. The first-order valence-corrected chi connectivity index (χ1v) is 3.08. The summed E-state index contributed by atoms with van der Waals surface area (Å²) in [4.78, 5) is 0. The molecule has 0 aliphatic heterocycles. The fourth-order valence-corrected chi connectivity index (χ4v) is 0.262. The van der Waals surface area contributed by atoms with Gasteiger partial charge in [0.25, 0.3) is 0 Å². The zero-order valence-corrected chi connectivity index (χ0v) is 6.43. The molecule has 0 saturated carbocycles. The molecule has 0 aliphatic carbocycles. The first-order valence-electron chi connectivity index (χ1n) is 2.23. The van der Waals surface area contributed by atoms with Crippen molar-refractivity contribution < 1.29 is 0 Å². The van der Waals surface area contributed by atoms with Gasteiger partial charge in [0.1, 0.15) is 0 Å². The average Bonchev–Trinajstić information content (AvgIpc) is 1.67. The Morgan fingerprint density at radius 1 is 1.88 bits per heavy atom. The SMILES string of the molecule is CC(N)(CN)C(=S)S. The second-order valence-corrected chi connectivity index (χ2v) is 3.08. The van der Waals surface area contributed by atoms with Crippen molar-refractivity contribution in [3.63, 3.8) is 0 Å². The maximum absolute atomic E-state index is 5.52. The maximum atomic E-state index is 5.52. The molecule has 0 spiro atoms. The van der Waals surface area contributed by atoms with Gasteiger partial charge >= 0.3 is 0 Å². The number of hydrogen-bond donors (Lipinski definition) is 3. The normalized spacial score (nSPS) is 17.5. The van der Waals surface area contributed by atoms with E-state index in [-0.39, 0.29) is 0 Å². The van der Waals surface area contributed by atoms with Crippen molar-refractivity contribution in [2.24, 2.45) is 11.5 Å². The van der Waals surface area contributed by atoms with Crippen LogP contribution >= 0.6 is 24.8 Å².